The topological polar surface area (TPSA) is 51.2 Å². The van der Waals surface area contributed by atoms with Crippen molar-refractivity contribution in [2.24, 2.45) is 0 Å². The summed E-state index contributed by atoms with van der Waals surface area (Å²) in [4.78, 5) is 17.2. The number of thiophene rings is 1. The summed E-state index contributed by atoms with van der Waals surface area (Å²) in [6.45, 7) is 2.01. The molecular weight excluding hydrogens is 316 g/mol. The largest absolute Gasteiger partial charge is 0.497 e. The van der Waals surface area contributed by atoms with E-state index < -0.39 is 0 Å². The molecule has 0 aliphatic carbocycles. The predicted molar refractivity (Wildman–Crippen MR) is 91.1 cm³/mol. The van der Waals surface area contributed by atoms with E-state index in [2.05, 4.69) is 10.3 Å². The van der Waals surface area contributed by atoms with Crippen LogP contribution in [0.4, 0.5) is 5.13 Å². The minimum atomic E-state index is -0.123. The van der Waals surface area contributed by atoms with Gasteiger partial charge in [-0.1, -0.05) is 6.07 Å². The Bertz CT molecular complexity index is 794. The Morgan fingerprint density at radius 1 is 1.27 bits per heavy atom. The fraction of sp³-hybridized carbons (Fsp3) is 0.125. The molecule has 0 saturated carbocycles. The molecule has 2 aromatic heterocycles. The summed E-state index contributed by atoms with van der Waals surface area (Å²) in [5, 5.41) is 7.25. The zero-order valence-electron chi connectivity index (χ0n) is 12.1. The van der Waals surface area contributed by atoms with E-state index in [0.717, 1.165) is 22.6 Å². The van der Waals surface area contributed by atoms with Crippen molar-refractivity contribution in [2.45, 2.75) is 6.92 Å². The Morgan fingerprint density at radius 2 is 2.14 bits per heavy atom. The van der Waals surface area contributed by atoms with Crippen LogP contribution >= 0.6 is 22.7 Å². The van der Waals surface area contributed by atoms with Gasteiger partial charge in [-0.15, -0.1) is 22.7 Å². The molecule has 0 fully saturated rings. The molecular formula is C16H14N2O2S2. The van der Waals surface area contributed by atoms with Crippen LogP contribution in [0.1, 0.15) is 15.2 Å². The molecule has 0 unspecified atom stereocenters. The molecule has 0 bridgehead atoms. The van der Waals surface area contributed by atoms with E-state index >= 15 is 0 Å². The standard InChI is InChI=1S/C16H14N2O2S2/c1-10-8-11(20-2)5-6-12(10)13-9-22-16(17-13)18-15(19)14-4-3-7-21-14/h3-9H,1-2H3,(H,17,18,19). The molecule has 0 spiro atoms. The molecule has 3 aromatic rings. The van der Waals surface area contributed by atoms with Gasteiger partial charge in [0, 0.05) is 10.9 Å². The number of anilines is 1. The zero-order chi connectivity index (χ0) is 15.5. The van der Waals surface area contributed by atoms with Crippen LogP contribution in [0.15, 0.2) is 41.1 Å². The van der Waals surface area contributed by atoms with Gasteiger partial charge < -0.3 is 4.74 Å². The van der Waals surface area contributed by atoms with Crippen LogP contribution in [-0.4, -0.2) is 18.0 Å². The number of carbonyl (C=O) groups excluding carboxylic acids is 1. The number of carbonyl (C=O) groups is 1. The lowest BCUT2D eigenvalue weighted by Gasteiger charge is -2.05. The minimum Gasteiger partial charge on any atom is -0.497 e. The maximum Gasteiger partial charge on any atom is 0.267 e. The lowest BCUT2D eigenvalue weighted by molar-refractivity contribution is 0.103. The third-order valence-corrected chi connectivity index (χ3v) is 4.81. The fourth-order valence-corrected chi connectivity index (χ4v) is 3.40. The third kappa shape index (κ3) is 3.03. The molecule has 1 N–H and O–H groups in total. The van der Waals surface area contributed by atoms with Gasteiger partial charge >= 0.3 is 0 Å². The number of benzene rings is 1. The first-order valence-electron chi connectivity index (χ1n) is 6.63. The summed E-state index contributed by atoms with van der Waals surface area (Å²) in [7, 11) is 1.65. The number of rotatable bonds is 4. The van der Waals surface area contributed by atoms with Crippen molar-refractivity contribution in [1.29, 1.82) is 0 Å². The second-order valence-corrected chi connectivity index (χ2v) is 6.46. The van der Waals surface area contributed by atoms with E-state index in [0.29, 0.717) is 10.0 Å². The first-order valence-corrected chi connectivity index (χ1v) is 8.38. The maximum atomic E-state index is 12.0. The molecule has 0 aliphatic heterocycles. The van der Waals surface area contributed by atoms with E-state index in [-0.39, 0.29) is 5.91 Å². The lowest BCUT2D eigenvalue weighted by Crippen LogP contribution is -2.09. The highest BCUT2D eigenvalue weighted by atomic mass is 32.1. The number of nitrogens with one attached hydrogen (secondary N) is 1. The van der Waals surface area contributed by atoms with Crippen LogP contribution in [0.3, 0.4) is 0 Å². The van der Waals surface area contributed by atoms with Crippen LogP contribution in [0, 0.1) is 6.92 Å². The number of thiazole rings is 1. The first-order chi connectivity index (χ1) is 10.7. The predicted octanol–water partition coefficient (Wildman–Crippen LogP) is 4.44. The molecule has 3 rings (SSSR count). The molecule has 0 aliphatic rings. The van der Waals surface area contributed by atoms with Crippen molar-refractivity contribution >= 4 is 33.7 Å². The van der Waals surface area contributed by atoms with Gasteiger partial charge in [0.15, 0.2) is 5.13 Å². The maximum absolute atomic E-state index is 12.0. The van der Waals surface area contributed by atoms with Gasteiger partial charge in [0.2, 0.25) is 0 Å². The molecule has 0 atom stereocenters. The van der Waals surface area contributed by atoms with Gasteiger partial charge in [0.25, 0.3) is 5.91 Å². The highest BCUT2D eigenvalue weighted by Crippen LogP contribution is 2.29. The highest BCUT2D eigenvalue weighted by molar-refractivity contribution is 7.14. The molecule has 4 nitrogen and oxygen atoms in total. The number of hydrogen-bond donors (Lipinski definition) is 1. The number of aryl methyl sites for hydroxylation is 1. The smallest absolute Gasteiger partial charge is 0.267 e. The van der Waals surface area contributed by atoms with E-state index in [9.17, 15) is 4.79 Å². The summed E-state index contributed by atoms with van der Waals surface area (Å²) >= 11 is 2.83. The Labute approximate surface area is 136 Å². The summed E-state index contributed by atoms with van der Waals surface area (Å²) in [6, 6.07) is 9.51. The number of hydrogen-bond acceptors (Lipinski definition) is 5. The van der Waals surface area contributed by atoms with Crippen molar-refractivity contribution < 1.29 is 9.53 Å². The monoisotopic (exact) mass is 330 g/mol. The lowest BCUT2D eigenvalue weighted by atomic mass is 10.1. The number of amides is 1. The Kier molecular flexibility index (Phi) is 4.22. The Morgan fingerprint density at radius 3 is 2.82 bits per heavy atom. The van der Waals surface area contributed by atoms with Crippen LogP contribution < -0.4 is 10.1 Å². The summed E-state index contributed by atoms with van der Waals surface area (Å²) in [5.74, 6) is 0.699. The summed E-state index contributed by atoms with van der Waals surface area (Å²) in [6.07, 6.45) is 0. The van der Waals surface area contributed by atoms with Gasteiger partial charge in [-0.25, -0.2) is 4.98 Å². The fourth-order valence-electron chi connectivity index (χ4n) is 2.07. The van der Waals surface area contributed by atoms with Crippen molar-refractivity contribution in [3.8, 4) is 17.0 Å². The second kappa shape index (κ2) is 6.29. The SMILES string of the molecule is COc1ccc(-c2csc(NC(=O)c3cccs3)n2)c(C)c1. The first kappa shape index (κ1) is 14.7. The van der Waals surface area contributed by atoms with Gasteiger partial charge in [-0.2, -0.15) is 0 Å². The van der Waals surface area contributed by atoms with E-state index in [4.69, 9.17) is 4.74 Å². The van der Waals surface area contributed by atoms with Crippen molar-refractivity contribution in [2.75, 3.05) is 12.4 Å². The normalized spacial score (nSPS) is 10.5. The molecule has 112 valence electrons. The van der Waals surface area contributed by atoms with E-state index in [1.807, 2.05) is 41.9 Å². The van der Waals surface area contributed by atoms with E-state index in [1.165, 1.54) is 22.7 Å². The number of aromatic nitrogens is 1. The number of nitrogens with zero attached hydrogens (tertiary/aromatic N) is 1. The van der Waals surface area contributed by atoms with Crippen molar-refractivity contribution in [3.05, 3.63) is 51.5 Å². The van der Waals surface area contributed by atoms with Crippen LogP contribution in [0.2, 0.25) is 0 Å². The molecule has 0 radical (unpaired) electrons. The molecule has 1 amide bonds. The van der Waals surface area contributed by atoms with Crippen molar-refractivity contribution in [1.82, 2.24) is 4.98 Å². The Hall–Kier alpha value is -2.18. The average molecular weight is 330 g/mol. The minimum absolute atomic E-state index is 0.123. The molecule has 0 saturated heterocycles. The molecule has 22 heavy (non-hydrogen) atoms. The second-order valence-electron chi connectivity index (χ2n) is 4.65. The van der Waals surface area contributed by atoms with Gasteiger partial charge in [0.1, 0.15) is 5.75 Å². The third-order valence-electron chi connectivity index (χ3n) is 3.18. The van der Waals surface area contributed by atoms with Gasteiger partial charge in [-0.3, -0.25) is 10.1 Å². The highest BCUT2D eigenvalue weighted by Gasteiger charge is 2.12. The number of methoxy groups -OCH3 is 1. The van der Waals surface area contributed by atoms with Gasteiger partial charge in [0.05, 0.1) is 17.7 Å². The Balaban J connectivity index is 1.80. The van der Waals surface area contributed by atoms with Crippen LogP contribution in [0.5, 0.6) is 5.75 Å². The summed E-state index contributed by atoms with van der Waals surface area (Å²) < 4.78 is 5.21. The average Bonchev–Trinajstić information content (AvgIpc) is 3.18. The van der Waals surface area contributed by atoms with Crippen molar-refractivity contribution in [3.63, 3.8) is 0 Å². The van der Waals surface area contributed by atoms with Crippen LogP contribution in [-0.2, 0) is 0 Å². The number of ether oxygens (including phenoxy) is 1. The molecule has 1 aromatic carbocycles. The van der Waals surface area contributed by atoms with Gasteiger partial charge in [-0.05, 0) is 42.1 Å². The molecule has 6 heteroatoms. The summed E-state index contributed by atoms with van der Waals surface area (Å²) in [5.41, 5.74) is 2.97. The van der Waals surface area contributed by atoms with Crippen LogP contribution in [0.25, 0.3) is 11.3 Å². The van der Waals surface area contributed by atoms with E-state index in [1.54, 1.807) is 13.2 Å². The molecule has 2 heterocycles. The quantitative estimate of drug-likeness (QED) is 0.769. The zero-order valence-corrected chi connectivity index (χ0v) is 13.8.